The number of hydrogen-bond donors (Lipinski definition) is 2. The molecule has 0 fully saturated rings. The van der Waals surface area contributed by atoms with Crippen molar-refractivity contribution in [3.05, 3.63) is 11.6 Å². The summed E-state index contributed by atoms with van der Waals surface area (Å²) >= 11 is 1.18. The van der Waals surface area contributed by atoms with Gasteiger partial charge in [-0.3, -0.25) is 5.14 Å². The topological polar surface area (TPSA) is 38.0 Å². The Balaban J connectivity index is 2.73. The molecule has 0 aromatic heterocycles. The lowest BCUT2D eigenvalue weighted by Gasteiger charge is -1.78. The van der Waals surface area contributed by atoms with E-state index in [1.165, 1.54) is 11.9 Å². The Bertz CT molecular complexity index is 38.1. The zero-order valence-corrected chi connectivity index (χ0v) is 4.46. The second-order valence-corrected chi connectivity index (χ2v) is 1.27. The van der Waals surface area contributed by atoms with Gasteiger partial charge in [0.25, 0.3) is 0 Å². The van der Waals surface area contributed by atoms with Crippen molar-refractivity contribution in [3.63, 3.8) is 0 Å². The van der Waals surface area contributed by atoms with Crippen LogP contribution >= 0.6 is 11.9 Å². The Morgan fingerprint density at radius 2 is 2.50 bits per heavy atom. The van der Waals surface area contributed by atoms with Crippen molar-refractivity contribution < 1.29 is 0 Å². The van der Waals surface area contributed by atoms with Crippen LogP contribution in [-0.4, -0.2) is 7.05 Å². The molecule has 0 bridgehead atoms. The zero-order chi connectivity index (χ0) is 4.83. The smallest absolute Gasteiger partial charge is 0.00385 e. The Hall–Kier alpha value is -0.150. The highest BCUT2D eigenvalue weighted by molar-refractivity contribution is 7.99. The first-order valence-corrected chi connectivity index (χ1v) is 2.54. The molecule has 6 heavy (non-hydrogen) atoms. The summed E-state index contributed by atoms with van der Waals surface area (Å²) in [6.07, 6.45) is 1.77. The third-order valence-electron chi connectivity index (χ3n) is 0.313. The molecule has 3 heteroatoms. The Kier molecular flexibility index (Phi) is 4.73. The van der Waals surface area contributed by atoms with Crippen molar-refractivity contribution >= 4 is 11.9 Å². The highest BCUT2D eigenvalue weighted by Crippen LogP contribution is 1.82. The molecule has 0 radical (unpaired) electrons. The third kappa shape index (κ3) is 3.85. The molecule has 0 aliphatic heterocycles. The summed E-state index contributed by atoms with van der Waals surface area (Å²) in [6.45, 7) is 0. The van der Waals surface area contributed by atoms with Crippen LogP contribution in [0.25, 0.3) is 0 Å². The fourth-order valence-electron chi connectivity index (χ4n) is 0.107. The van der Waals surface area contributed by atoms with E-state index in [2.05, 4.69) is 5.32 Å². The Morgan fingerprint density at radius 1 is 1.83 bits per heavy atom. The maximum Gasteiger partial charge on any atom is 0.00385 e. The van der Waals surface area contributed by atoms with Crippen LogP contribution < -0.4 is 10.5 Å². The first-order valence-electron chi connectivity index (χ1n) is 1.59. The molecular formula is C3H8N2S. The van der Waals surface area contributed by atoms with Crippen molar-refractivity contribution in [1.82, 2.24) is 5.32 Å². The molecule has 0 amide bonds. The summed E-state index contributed by atoms with van der Waals surface area (Å²) in [7, 11) is 1.83. The van der Waals surface area contributed by atoms with Crippen LogP contribution in [0.4, 0.5) is 0 Å². The minimum atomic E-state index is 1.18. The maximum absolute atomic E-state index is 5.00. The fourth-order valence-corrected chi connectivity index (χ4v) is 0.322. The number of nitrogens with one attached hydrogen (secondary N) is 1. The van der Waals surface area contributed by atoms with Gasteiger partial charge in [0, 0.05) is 18.7 Å². The van der Waals surface area contributed by atoms with Gasteiger partial charge in [-0.2, -0.15) is 0 Å². The lowest BCUT2D eigenvalue weighted by molar-refractivity contribution is 1.11. The molecule has 0 saturated carbocycles. The van der Waals surface area contributed by atoms with E-state index >= 15 is 0 Å². The van der Waals surface area contributed by atoms with Gasteiger partial charge >= 0.3 is 0 Å². The average molecular weight is 104 g/mol. The van der Waals surface area contributed by atoms with Gasteiger partial charge in [0.1, 0.15) is 0 Å². The van der Waals surface area contributed by atoms with E-state index in [0.717, 1.165) is 0 Å². The SMILES string of the molecule is CN/C=C\SN. The molecule has 0 atom stereocenters. The van der Waals surface area contributed by atoms with Gasteiger partial charge in [-0.1, -0.05) is 11.9 Å². The first kappa shape index (κ1) is 5.85. The predicted octanol–water partition coefficient (Wildman–Crippen LogP) is 0.284. The van der Waals surface area contributed by atoms with Crippen molar-refractivity contribution in [2.24, 2.45) is 5.14 Å². The summed E-state index contributed by atoms with van der Waals surface area (Å²) in [5.41, 5.74) is 0. The number of nitrogens with two attached hydrogens (primary N) is 1. The Labute approximate surface area is 41.9 Å². The van der Waals surface area contributed by atoms with Gasteiger partial charge in [-0.05, 0) is 0 Å². The predicted molar refractivity (Wildman–Crippen MR) is 30.0 cm³/mol. The van der Waals surface area contributed by atoms with Gasteiger partial charge in [-0.25, -0.2) is 0 Å². The van der Waals surface area contributed by atoms with Gasteiger partial charge < -0.3 is 5.32 Å². The van der Waals surface area contributed by atoms with Crippen molar-refractivity contribution in [2.75, 3.05) is 7.05 Å². The molecule has 36 valence electrons. The van der Waals surface area contributed by atoms with Crippen LogP contribution in [-0.2, 0) is 0 Å². The van der Waals surface area contributed by atoms with E-state index in [9.17, 15) is 0 Å². The highest BCUT2D eigenvalue weighted by Gasteiger charge is 1.56. The molecule has 2 nitrogen and oxygen atoms in total. The molecule has 0 rings (SSSR count). The zero-order valence-electron chi connectivity index (χ0n) is 3.64. The van der Waals surface area contributed by atoms with E-state index in [1.54, 1.807) is 11.6 Å². The summed E-state index contributed by atoms with van der Waals surface area (Å²) in [5.74, 6) is 0. The standard InChI is InChI=1S/C3H8N2S/c1-5-2-3-6-4/h2-3,5H,4H2,1H3/b3-2-. The van der Waals surface area contributed by atoms with Gasteiger partial charge in [0.05, 0.1) is 0 Å². The minimum absolute atomic E-state index is 1.18. The van der Waals surface area contributed by atoms with E-state index < -0.39 is 0 Å². The number of hydrogen-bond acceptors (Lipinski definition) is 3. The second-order valence-electron chi connectivity index (χ2n) is 0.728. The largest absolute Gasteiger partial charge is 0.394 e. The molecule has 3 N–H and O–H groups in total. The summed E-state index contributed by atoms with van der Waals surface area (Å²) in [6, 6.07) is 0. The molecule has 0 heterocycles. The molecule has 0 aromatic carbocycles. The molecule has 0 saturated heterocycles. The van der Waals surface area contributed by atoms with Crippen LogP contribution in [0, 0.1) is 0 Å². The molecule has 0 aromatic rings. The molecule has 0 spiro atoms. The van der Waals surface area contributed by atoms with Crippen molar-refractivity contribution in [2.45, 2.75) is 0 Å². The lowest BCUT2D eigenvalue weighted by Crippen LogP contribution is -1.90. The van der Waals surface area contributed by atoms with Gasteiger partial charge in [0.15, 0.2) is 0 Å². The molecule has 0 unspecified atom stereocenters. The summed E-state index contributed by atoms with van der Waals surface area (Å²) in [5, 5.41) is 9.56. The van der Waals surface area contributed by atoms with Crippen LogP contribution in [0.1, 0.15) is 0 Å². The summed E-state index contributed by atoms with van der Waals surface area (Å²) < 4.78 is 0. The lowest BCUT2D eigenvalue weighted by atomic mass is 11.0. The van der Waals surface area contributed by atoms with Crippen LogP contribution in [0.15, 0.2) is 11.6 Å². The van der Waals surface area contributed by atoms with Crippen LogP contribution in [0.5, 0.6) is 0 Å². The van der Waals surface area contributed by atoms with E-state index in [0.29, 0.717) is 0 Å². The highest BCUT2D eigenvalue weighted by atomic mass is 32.2. The van der Waals surface area contributed by atoms with Gasteiger partial charge in [0.2, 0.25) is 0 Å². The minimum Gasteiger partial charge on any atom is -0.394 e. The number of rotatable bonds is 2. The van der Waals surface area contributed by atoms with E-state index in [1.807, 2.05) is 7.05 Å². The maximum atomic E-state index is 5.00. The quantitative estimate of drug-likeness (QED) is 0.494. The molecule has 0 aliphatic rings. The normalized spacial score (nSPS) is 9.67. The average Bonchev–Trinajstić information content (AvgIpc) is 1.61. The molecular weight excluding hydrogens is 96.1 g/mol. The third-order valence-corrected chi connectivity index (χ3v) is 0.606. The fraction of sp³-hybridized carbons (Fsp3) is 0.333. The second kappa shape index (κ2) is 4.85. The van der Waals surface area contributed by atoms with Crippen molar-refractivity contribution in [1.29, 1.82) is 0 Å². The van der Waals surface area contributed by atoms with E-state index in [-0.39, 0.29) is 0 Å². The van der Waals surface area contributed by atoms with Gasteiger partial charge in [-0.15, -0.1) is 0 Å². The summed E-state index contributed by atoms with van der Waals surface area (Å²) in [4.78, 5) is 0. The van der Waals surface area contributed by atoms with Crippen LogP contribution in [0.2, 0.25) is 0 Å². The van der Waals surface area contributed by atoms with Crippen LogP contribution in [0.3, 0.4) is 0 Å². The van der Waals surface area contributed by atoms with E-state index in [4.69, 9.17) is 5.14 Å². The Morgan fingerprint density at radius 3 is 2.67 bits per heavy atom. The first-order chi connectivity index (χ1) is 2.91. The monoisotopic (exact) mass is 104 g/mol. The van der Waals surface area contributed by atoms with Crippen molar-refractivity contribution in [3.8, 4) is 0 Å². The molecule has 0 aliphatic carbocycles.